The third-order valence-electron chi connectivity index (χ3n) is 4.57. The van der Waals surface area contributed by atoms with Crippen molar-refractivity contribution in [2.75, 3.05) is 23.8 Å². The number of fused-ring (bicyclic) bond motifs is 2. The Morgan fingerprint density at radius 3 is 3.04 bits per heavy atom. The molecule has 0 saturated carbocycles. The molecule has 0 unspecified atom stereocenters. The number of nitrogens with one attached hydrogen (secondary N) is 1. The minimum atomic E-state index is -0.324. The minimum absolute atomic E-state index is 0.324. The summed E-state index contributed by atoms with van der Waals surface area (Å²) in [6.07, 6.45) is 3.71. The zero-order chi connectivity index (χ0) is 16.5. The average molecular weight is 322 g/mol. The van der Waals surface area contributed by atoms with Crippen molar-refractivity contribution in [1.29, 1.82) is 0 Å². The van der Waals surface area contributed by atoms with Crippen molar-refractivity contribution in [2.45, 2.75) is 19.4 Å². The largest absolute Gasteiger partial charge is 0.374 e. The second-order valence-electron chi connectivity index (χ2n) is 6.20. The molecule has 1 aromatic heterocycles. The van der Waals surface area contributed by atoms with Crippen molar-refractivity contribution in [3.05, 3.63) is 59.7 Å². The molecule has 122 valence electrons. The van der Waals surface area contributed by atoms with Crippen molar-refractivity contribution in [3.63, 3.8) is 0 Å². The molecule has 0 bridgehead atoms. The fourth-order valence-corrected chi connectivity index (χ4v) is 3.33. The summed E-state index contributed by atoms with van der Waals surface area (Å²) in [6.45, 7) is 1.77. The molecule has 0 atom stereocenters. The van der Waals surface area contributed by atoms with E-state index in [0.717, 1.165) is 13.0 Å². The van der Waals surface area contributed by atoms with Gasteiger partial charge in [-0.2, -0.15) is 0 Å². The van der Waals surface area contributed by atoms with Gasteiger partial charge in [-0.3, -0.25) is 0 Å². The number of anilines is 2. The number of aromatic nitrogens is 2. The van der Waals surface area contributed by atoms with E-state index in [1.165, 1.54) is 35.6 Å². The van der Waals surface area contributed by atoms with Gasteiger partial charge in [-0.05, 0) is 42.2 Å². The Kier molecular flexibility index (Phi) is 3.76. The molecule has 2 aromatic carbocycles. The second kappa shape index (κ2) is 6.07. The molecule has 0 aliphatic carbocycles. The van der Waals surface area contributed by atoms with E-state index in [9.17, 15) is 4.39 Å². The second-order valence-corrected chi connectivity index (χ2v) is 6.20. The van der Waals surface area contributed by atoms with Crippen LogP contribution in [0.3, 0.4) is 0 Å². The lowest BCUT2D eigenvalue weighted by molar-refractivity contribution is 0.636. The Bertz CT molecular complexity index is 894. The average Bonchev–Trinajstić information content (AvgIpc) is 2.60. The van der Waals surface area contributed by atoms with Gasteiger partial charge in [-0.1, -0.05) is 18.2 Å². The molecule has 3 aromatic rings. The summed E-state index contributed by atoms with van der Waals surface area (Å²) in [5, 5.41) is 4.02. The number of rotatable bonds is 3. The van der Waals surface area contributed by atoms with E-state index < -0.39 is 0 Å². The highest BCUT2D eigenvalue weighted by atomic mass is 19.1. The summed E-state index contributed by atoms with van der Waals surface area (Å²) in [7, 11) is 2.14. The first-order valence-electron chi connectivity index (χ1n) is 8.18. The van der Waals surface area contributed by atoms with E-state index >= 15 is 0 Å². The Morgan fingerprint density at radius 2 is 2.12 bits per heavy atom. The minimum Gasteiger partial charge on any atom is -0.374 e. The number of hydrogen-bond acceptors (Lipinski definition) is 4. The lowest BCUT2D eigenvalue weighted by atomic mass is 9.99. The number of aryl methyl sites for hydroxylation is 1. The van der Waals surface area contributed by atoms with Gasteiger partial charge in [0.15, 0.2) is 0 Å². The monoisotopic (exact) mass is 322 g/mol. The fraction of sp³-hybridized carbons (Fsp3) is 0.263. The topological polar surface area (TPSA) is 41.0 Å². The van der Waals surface area contributed by atoms with E-state index in [2.05, 4.69) is 45.4 Å². The quantitative estimate of drug-likeness (QED) is 0.797. The summed E-state index contributed by atoms with van der Waals surface area (Å²) in [4.78, 5) is 10.6. The summed E-state index contributed by atoms with van der Waals surface area (Å²) < 4.78 is 13.8. The van der Waals surface area contributed by atoms with E-state index in [0.29, 0.717) is 23.3 Å². The summed E-state index contributed by atoms with van der Waals surface area (Å²) in [5.74, 6) is 0.337. The molecule has 4 nitrogen and oxygen atoms in total. The van der Waals surface area contributed by atoms with Crippen molar-refractivity contribution in [3.8, 4) is 0 Å². The first-order valence-corrected chi connectivity index (χ1v) is 8.18. The van der Waals surface area contributed by atoms with Crippen LogP contribution in [0.4, 0.5) is 15.9 Å². The van der Waals surface area contributed by atoms with Crippen LogP contribution in [0.1, 0.15) is 17.5 Å². The summed E-state index contributed by atoms with van der Waals surface area (Å²) in [6, 6.07) is 11.5. The van der Waals surface area contributed by atoms with E-state index in [4.69, 9.17) is 0 Å². The molecule has 1 aliphatic rings. The molecule has 1 N–H and O–H groups in total. The maximum Gasteiger partial charge on any atom is 0.149 e. The van der Waals surface area contributed by atoms with Crippen LogP contribution in [0.5, 0.6) is 0 Å². The SMILES string of the molecule is CN1CCCc2cc(CNc3ncnc4c(F)cccc34)ccc21. The normalized spacial score (nSPS) is 13.8. The highest BCUT2D eigenvalue weighted by molar-refractivity contribution is 5.89. The smallest absolute Gasteiger partial charge is 0.149 e. The first-order chi connectivity index (χ1) is 11.7. The summed E-state index contributed by atoms with van der Waals surface area (Å²) >= 11 is 0. The fourth-order valence-electron chi connectivity index (χ4n) is 3.33. The maximum atomic E-state index is 13.8. The van der Waals surface area contributed by atoms with Gasteiger partial charge in [0.1, 0.15) is 23.5 Å². The standard InChI is InChI=1S/C19H19FN4/c1-24-9-3-4-14-10-13(7-8-17(14)24)11-21-19-15-5-2-6-16(20)18(15)22-12-23-19/h2,5-8,10,12H,3-4,9,11H2,1H3,(H,21,22,23). The number of halogens is 1. The van der Waals surface area contributed by atoms with Gasteiger partial charge < -0.3 is 10.2 Å². The third kappa shape index (κ3) is 2.66. The van der Waals surface area contributed by atoms with Gasteiger partial charge >= 0.3 is 0 Å². The molecule has 24 heavy (non-hydrogen) atoms. The molecule has 0 spiro atoms. The van der Waals surface area contributed by atoms with Crippen molar-refractivity contribution >= 4 is 22.4 Å². The first kappa shape index (κ1) is 14.9. The van der Waals surface area contributed by atoms with Crippen LogP contribution >= 0.6 is 0 Å². The molecule has 0 saturated heterocycles. The Labute approximate surface area is 140 Å². The van der Waals surface area contributed by atoms with Gasteiger partial charge in [-0.15, -0.1) is 0 Å². The summed E-state index contributed by atoms with van der Waals surface area (Å²) in [5.41, 5.74) is 4.26. The van der Waals surface area contributed by atoms with Crippen LogP contribution in [-0.2, 0) is 13.0 Å². The Hall–Kier alpha value is -2.69. The zero-order valence-electron chi connectivity index (χ0n) is 13.6. The van der Waals surface area contributed by atoms with Crippen molar-refractivity contribution < 1.29 is 4.39 Å². The van der Waals surface area contributed by atoms with Gasteiger partial charge in [0.25, 0.3) is 0 Å². The van der Waals surface area contributed by atoms with Crippen LogP contribution in [0, 0.1) is 5.82 Å². The Balaban J connectivity index is 1.59. The number of para-hydroxylation sites is 1. The maximum absolute atomic E-state index is 13.8. The van der Waals surface area contributed by atoms with Crippen LogP contribution in [-0.4, -0.2) is 23.6 Å². The zero-order valence-corrected chi connectivity index (χ0v) is 13.6. The van der Waals surface area contributed by atoms with Crippen LogP contribution in [0.15, 0.2) is 42.7 Å². The molecule has 0 radical (unpaired) electrons. The highest BCUT2D eigenvalue weighted by Gasteiger charge is 2.14. The van der Waals surface area contributed by atoms with E-state index in [1.54, 1.807) is 6.07 Å². The number of nitrogens with zero attached hydrogens (tertiary/aromatic N) is 3. The third-order valence-corrected chi connectivity index (χ3v) is 4.57. The van der Waals surface area contributed by atoms with Crippen molar-refractivity contribution in [1.82, 2.24) is 9.97 Å². The van der Waals surface area contributed by atoms with Crippen LogP contribution < -0.4 is 10.2 Å². The molecule has 5 heteroatoms. The van der Waals surface area contributed by atoms with Gasteiger partial charge in [0, 0.05) is 31.2 Å². The molecular weight excluding hydrogens is 303 g/mol. The van der Waals surface area contributed by atoms with Crippen molar-refractivity contribution in [2.24, 2.45) is 0 Å². The van der Waals surface area contributed by atoms with Crippen LogP contribution in [0.2, 0.25) is 0 Å². The lowest BCUT2D eigenvalue weighted by Crippen LogP contribution is -2.24. The van der Waals surface area contributed by atoms with E-state index in [-0.39, 0.29) is 5.82 Å². The molecule has 0 amide bonds. The van der Waals surface area contributed by atoms with Crippen LogP contribution in [0.25, 0.3) is 10.9 Å². The predicted octanol–water partition coefficient (Wildman–Crippen LogP) is 3.76. The lowest BCUT2D eigenvalue weighted by Gasteiger charge is -2.27. The van der Waals surface area contributed by atoms with Gasteiger partial charge in [0.2, 0.25) is 0 Å². The molecule has 4 rings (SSSR count). The predicted molar refractivity (Wildman–Crippen MR) is 94.9 cm³/mol. The number of hydrogen-bond donors (Lipinski definition) is 1. The Morgan fingerprint density at radius 1 is 1.21 bits per heavy atom. The highest BCUT2D eigenvalue weighted by Crippen LogP contribution is 2.27. The molecule has 0 fully saturated rings. The number of benzene rings is 2. The molecule has 1 aliphatic heterocycles. The molecular formula is C19H19FN4. The van der Waals surface area contributed by atoms with E-state index in [1.807, 2.05) is 6.07 Å². The molecule has 2 heterocycles. The van der Waals surface area contributed by atoms with Gasteiger partial charge in [-0.25, -0.2) is 14.4 Å². The van der Waals surface area contributed by atoms with Gasteiger partial charge in [0.05, 0.1) is 0 Å².